The highest BCUT2D eigenvalue weighted by molar-refractivity contribution is 5.99. The molecular formula is C29H36N2O4. The molecule has 1 aliphatic heterocycles. The standard InChI is InChI=1S/C29H36N2O4/c1-5-17-34-22-12-9-11-21(19-22)26-25-27(32)23-18-20(6-2)13-14-24(23)35-28(25)29(33)31(26)16-10-15-30(7-3)8-4/h9,11-14,18-19,26H,5-8,10,15-17H2,1-4H3. The van der Waals surface area contributed by atoms with Crippen molar-refractivity contribution in [2.75, 3.05) is 32.8 Å². The Bertz CT molecular complexity index is 1250. The Morgan fingerprint density at radius 3 is 2.54 bits per heavy atom. The summed E-state index contributed by atoms with van der Waals surface area (Å²) in [6.07, 6.45) is 2.54. The van der Waals surface area contributed by atoms with Crippen molar-refractivity contribution in [1.82, 2.24) is 9.80 Å². The van der Waals surface area contributed by atoms with Crippen molar-refractivity contribution < 1.29 is 13.9 Å². The first kappa shape index (κ1) is 25.0. The van der Waals surface area contributed by atoms with E-state index in [9.17, 15) is 9.59 Å². The van der Waals surface area contributed by atoms with Crippen LogP contribution in [0.15, 0.2) is 51.7 Å². The first-order chi connectivity index (χ1) is 17.0. The number of rotatable bonds is 11. The molecule has 6 nitrogen and oxygen atoms in total. The van der Waals surface area contributed by atoms with E-state index in [0.29, 0.717) is 29.7 Å². The predicted molar refractivity (Wildman–Crippen MR) is 139 cm³/mol. The molecule has 2 aromatic carbocycles. The Hall–Kier alpha value is -3.12. The van der Waals surface area contributed by atoms with E-state index in [1.807, 2.05) is 36.4 Å². The van der Waals surface area contributed by atoms with Crippen LogP contribution in [-0.2, 0) is 6.42 Å². The van der Waals surface area contributed by atoms with Gasteiger partial charge in [0.2, 0.25) is 5.76 Å². The van der Waals surface area contributed by atoms with Crippen molar-refractivity contribution >= 4 is 16.9 Å². The number of carbonyl (C=O) groups excluding carboxylic acids is 1. The molecule has 0 radical (unpaired) electrons. The summed E-state index contributed by atoms with van der Waals surface area (Å²) in [5.41, 5.74) is 2.71. The molecule has 2 heterocycles. The third kappa shape index (κ3) is 4.98. The summed E-state index contributed by atoms with van der Waals surface area (Å²) in [6, 6.07) is 12.9. The van der Waals surface area contributed by atoms with E-state index in [0.717, 1.165) is 55.8 Å². The lowest BCUT2D eigenvalue weighted by molar-refractivity contribution is 0.0720. The molecule has 0 saturated carbocycles. The third-order valence-electron chi connectivity index (χ3n) is 6.85. The Balaban J connectivity index is 1.80. The van der Waals surface area contributed by atoms with E-state index in [4.69, 9.17) is 9.15 Å². The number of aryl methyl sites for hydroxylation is 1. The van der Waals surface area contributed by atoms with Crippen molar-refractivity contribution in [1.29, 1.82) is 0 Å². The molecule has 1 atom stereocenters. The van der Waals surface area contributed by atoms with Crippen molar-refractivity contribution in [3.63, 3.8) is 0 Å². The van der Waals surface area contributed by atoms with Crippen LogP contribution in [0.5, 0.6) is 5.75 Å². The number of nitrogens with zero attached hydrogens (tertiary/aromatic N) is 2. The third-order valence-corrected chi connectivity index (χ3v) is 6.85. The second-order valence-corrected chi connectivity index (χ2v) is 9.06. The molecule has 3 aromatic rings. The average Bonchev–Trinajstić information content (AvgIpc) is 3.17. The van der Waals surface area contributed by atoms with E-state index in [1.54, 1.807) is 11.0 Å². The SMILES string of the molecule is CCCOc1cccc(C2c3c(oc4ccc(CC)cc4c3=O)C(=O)N2CCCN(CC)CC)c1. The smallest absolute Gasteiger partial charge is 0.290 e. The van der Waals surface area contributed by atoms with Crippen LogP contribution in [0, 0.1) is 0 Å². The fourth-order valence-electron chi connectivity index (χ4n) is 4.86. The van der Waals surface area contributed by atoms with Crippen LogP contribution in [0.3, 0.4) is 0 Å². The molecule has 0 aliphatic carbocycles. The molecule has 0 bridgehead atoms. The number of benzene rings is 2. The van der Waals surface area contributed by atoms with Gasteiger partial charge in [0.05, 0.1) is 23.6 Å². The van der Waals surface area contributed by atoms with E-state index in [-0.39, 0.29) is 17.1 Å². The zero-order valence-electron chi connectivity index (χ0n) is 21.3. The zero-order chi connectivity index (χ0) is 24.9. The number of carbonyl (C=O) groups is 1. The van der Waals surface area contributed by atoms with Gasteiger partial charge >= 0.3 is 0 Å². The van der Waals surface area contributed by atoms with Crippen LogP contribution in [0.2, 0.25) is 0 Å². The van der Waals surface area contributed by atoms with Gasteiger partial charge in [0.1, 0.15) is 11.3 Å². The summed E-state index contributed by atoms with van der Waals surface area (Å²) < 4.78 is 12.0. The quantitative estimate of drug-likeness (QED) is 0.370. The molecule has 1 aromatic heterocycles. The van der Waals surface area contributed by atoms with Gasteiger partial charge in [-0.25, -0.2) is 0 Å². The van der Waals surface area contributed by atoms with Crippen LogP contribution in [0.4, 0.5) is 0 Å². The van der Waals surface area contributed by atoms with Gasteiger partial charge in [-0.1, -0.05) is 45.9 Å². The molecule has 0 N–H and O–H groups in total. The number of fused-ring (bicyclic) bond motifs is 2. The molecule has 6 heteroatoms. The zero-order valence-corrected chi connectivity index (χ0v) is 21.3. The number of amides is 1. The van der Waals surface area contributed by atoms with Crippen LogP contribution in [0.1, 0.15) is 73.8 Å². The number of hydrogen-bond donors (Lipinski definition) is 0. The highest BCUT2D eigenvalue weighted by Crippen LogP contribution is 2.39. The monoisotopic (exact) mass is 476 g/mol. The van der Waals surface area contributed by atoms with Crippen molar-refractivity contribution in [2.45, 2.75) is 53.0 Å². The van der Waals surface area contributed by atoms with Gasteiger partial charge in [-0.2, -0.15) is 0 Å². The molecule has 1 amide bonds. The van der Waals surface area contributed by atoms with E-state index < -0.39 is 6.04 Å². The lowest BCUT2D eigenvalue weighted by Gasteiger charge is -2.27. The minimum absolute atomic E-state index is 0.124. The molecule has 0 spiro atoms. The van der Waals surface area contributed by atoms with Crippen molar-refractivity contribution in [3.05, 3.63) is 75.1 Å². The Morgan fingerprint density at radius 1 is 1.03 bits per heavy atom. The van der Waals surface area contributed by atoms with E-state index in [1.165, 1.54) is 0 Å². The summed E-state index contributed by atoms with van der Waals surface area (Å²) in [4.78, 5) is 31.6. The van der Waals surface area contributed by atoms with Gasteiger partial charge in [-0.15, -0.1) is 0 Å². The number of ether oxygens (including phenoxy) is 1. The Morgan fingerprint density at radius 2 is 1.83 bits per heavy atom. The van der Waals surface area contributed by atoms with Gasteiger partial charge in [-0.3, -0.25) is 9.59 Å². The van der Waals surface area contributed by atoms with E-state index in [2.05, 4.69) is 32.6 Å². The normalized spacial score (nSPS) is 15.3. The van der Waals surface area contributed by atoms with Gasteiger partial charge in [0.15, 0.2) is 5.43 Å². The molecular weight excluding hydrogens is 440 g/mol. The maximum atomic E-state index is 13.8. The van der Waals surface area contributed by atoms with Crippen molar-refractivity contribution in [2.24, 2.45) is 0 Å². The Kier molecular flexibility index (Phi) is 7.91. The molecule has 186 valence electrons. The molecule has 4 rings (SSSR count). The van der Waals surface area contributed by atoms with Crippen molar-refractivity contribution in [3.8, 4) is 5.75 Å². The van der Waals surface area contributed by atoms with Crippen LogP contribution in [-0.4, -0.2) is 48.5 Å². The predicted octanol–water partition coefficient (Wildman–Crippen LogP) is 5.42. The van der Waals surface area contributed by atoms with Gasteiger partial charge in [0, 0.05) is 6.54 Å². The maximum Gasteiger partial charge on any atom is 0.290 e. The summed E-state index contributed by atoms with van der Waals surface area (Å²) in [7, 11) is 0. The lowest BCUT2D eigenvalue weighted by atomic mass is 9.97. The van der Waals surface area contributed by atoms with E-state index >= 15 is 0 Å². The van der Waals surface area contributed by atoms with Crippen LogP contribution >= 0.6 is 0 Å². The minimum atomic E-state index is -0.495. The first-order valence-electron chi connectivity index (χ1n) is 12.9. The molecule has 35 heavy (non-hydrogen) atoms. The fraction of sp³-hybridized carbons (Fsp3) is 0.448. The second kappa shape index (κ2) is 11.1. The summed E-state index contributed by atoms with van der Waals surface area (Å²) >= 11 is 0. The number of hydrogen-bond acceptors (Lipinski definition) is 5. The Labute approximate surface area is 207 Å². The largest absolute Gasteiger partial charge is 0.494 e. The molecule has 0 fully saturated rings. The second-order valence-electron chi connectivity index (χ2n) is 9.06. The highest BCUT2D eigenvalue weighted by atomic mass is 16.5. The maximum absolute atomic E-state index is 13.8. The van der Waals surface area contributed by atoms with Gasteiger partial charge < -0.3 is 19.0 Å². The average molecular weight is 477 g/mol. The highest BCUT2D eigenvalue weighted by Gasteiger charge is 2.42. The van der Waals surface area contributed by atoms with Gasteiger partial charge in [0.25, 0.3) is 5.91 Å². The lowest BCUT2D eigenvalue weighted by Crippen LogP contribution is -2.33. The summed E-state index contributed by atoms with van der Waals surface area (Å²) in [5, 5.41) is 0.532. The van der Waals surface area contributed by atoms with Crippen LogP contribution < -0.4 is 10.2 Å². The summed E-state index contributed by atoms with van der Waals surface area (Å²) in [5.74, 6) is 0.689. The van der Waals surface area contributed by atoms with Crippen LogP contribution in [0.25, 0.3) is 11.0 Å². The fourth-order valence-corrected chi connectivity index (χ4v) is 4.86. The first-order valence-corrected chi connectivity index (χ1v) is 12.9. The molecule has 1 unspecified atom stereocenters. The summed E-state index contributed by atoms with van der Waals surface area (Å²) in [6.45, 7) is 12.4. The topological polar surface area (TPSA) is 63.0 Å². The minimum Gasteiger partial charge on any atom is -0.494 e. The molecule has 1 aliphatic rings. The molecule has 0 saturated heterocycles. The van der Waals surface area contributed by atoms with Gasteiger partial charge in [-0.05, 0) is 74.3 Å².